The Morgan fingerprint density at radius 1 is 1.12 bits per heavy atom. The van der Waals surface area contributed by atoms with Gasteiger partial charge in [0.15, 0.2) is 0 Å². The first-order valence-electron chi connectivity index (χ1n) is 11.7. The molecule has 1 fully saturated rings. The van der Waals surface area contributed by atoms with Crippen LogP contribution in [0.5, 0.6) is 5.75 Å². The van der Waals surface area contributed by atoms with Gasteiger partial charge in [0.25, 0.3) is 11.7 Å². The Kier molecular flexibility index (Phi) is 8.75. The first-order chi connectivity index (χ1) is 16.2. The van der Waals surface area contributed by atoms with Gasteiger partial charge in [-0.1, -0.05) is 37.1 Å². The fourth-order valence-electron chi connectivity index (χ4n) is 4.10. The number of rotatable bonds is 10. The molecule has 1 aliphatic rings. The highest BCUT2D eigenvalue weighted by atomic mass is 35.5. The molecule has 3 rings (SSSR count). The number of carbonyl (C=O) groups excluding carboxylic acids is 2. The lowest BCUT2D eigenvalue weighted by atomic mass is 9.94. The van der Waals surface area contributed by atoms with Gasteiger partial charge in [-0.15, -0.1) is 0 Å². The third kappa shape index (κ3) is 5.80. The number of ether oxygens (including phenoxy) is 1. The van der Waals surface area contributed by atoms with Crippen molar-refractivity contribution in [2.75, 3.05) is 33.8 Å². The van der Waals surface area contributed by atoms with E-state index < -0.39 is 17.7 Å². The normalized spacial score (nSPS) is 17.6. The van der Waals surface area contributed by atoms with E-state index in [2.05, 4.69) is 6.92 Å². The zero-order valence-corrected chi connectivity index (χ0v) is 21.1. The van der Waals surface area contributed by atoms with Gasteiger partial charge >= 0.3 is 0 Å². The lowest BCUT2D eigenvalue weighted by Crippen LogP contribution is -2.32. The van der Waals surface area contributed by atoms with Gasteiger partial charge in [-0.3, -0.25) is 9.59 Å². The molecule has 0 radical (unpaired) electrons. The van der Waals surface area contributed by atoms with Crippen LogP contribution >= 0.6 is 11.6 Å². The third-order valence-electron chi connectivity index (χ3n) is 5.93. The highest BCUT2D eigenvalue weighted by Crippen LogP contribution is 2.40. The number of hydrogen-bond acceptors (Lipinski definition) is 5. The van der Waals surface area contributed by atoms with E-state index in [1.54, 1.807) is 47.4 Å². The lowest BCUT2D eigenvalue weighted by Gasteiger charge is -2.26. The van der Waals surface area contributed by atoms with Gasteiger partial charge in [0.05, 0.1) is 18.2 Å². The highest BCUT2D eigenvalue weighted by Gasteiger charge is 2.45. The molecule has 0 bridgehead atoms. The molecule has 7 heteroatoms. The summed E-state index contributed by atoms with van der Waals surface area (Å²) in [5.74, 6) is -0.722. The lowest BCUT2D eigenvalue weighted by molar-refractivity contribution is -0.139. The van der Waals surface area contributed by atoms with Crippen molar-refractivity contribution in [1.29, 1.82) is 0 Å². The number of ketones is 1. The summed E-state index contributed by atoms with van der Waals surface area (Å²) in [6.45, 7) is 5.79. The highest BCUT2D eigenvalue weighted by molar-refractivity contribution is 6.46. The second kappa shape index (κ2) is 11.5. The predicted molar refractivity (Wildman–Crippen MR) is 135 cm³/mol. The van der Waals surface area contributed by atoms with Gasteiger partial charge in [0.1, 0.15) is 11.5 Å². The van der Waals surface area contributed by atoms with Crippen LogP contribution in [0.25, 0.3) is 5.76 Å². The van der Waals surface area contributed by atoms with Gasteiger partial charge in [0.2, 0.25) is 0 Å². The van der Waals surface area contributed by atoms with Gasteiger partial charge < -0.3 is 19.6 Å². The summed E-state index contributed by atoms with van der Waals surface area (Å²) in [6, 6.07) is 11.7. The summed E-state index contributed by atoms with van der Waals surface area (Å²) in [4.78, 5) is 29.7. The number of aliphatic hydroxyl groups excluding tert-OH is 1. The van der Waals surface area contributed by atoms with Crippen LogP contribution in [0.15, 0.2) is 48.0 Å². The standard InChI is InChI=1S/C27H33ClN2O4/c1-5-6-16-34-22-13-10-20(17-18(22)2)25(31)23-24(19-8-11-21(28)12-9-19)30(27(33)26(23)32)15-7-14-29(3)4/h8-13,17,24,31H,5-7,14-16H2,1-4H3/b25-23+/t24-/m1/s1. The SMILES string of the molecule is CCCCOc1ccc(/C(O)=C2\C(=O)C(=O)N(CCCN(C)C)[C@@H]2c2ccc(Cl)cc2)cc1C. The van der Waals surface area contributed by atoms with Crippen LogP contribution in [-0.2, 0) is 9.59 Å². The molecule has 0 spiro atoms. The maximum absolute atomic E-state index is 13.1. The van der Waals surface area contributed by atoms with Crippen molar-refractivity contribution in [2.45, 2.75) is 39.2 Å². The molecule has 1 atom stereocenters. The molecule has 1 aliphatic heterocycles. The Balaban J connectivity index is 2.02. The summed E-state index contributed by atoms with van der Waals surface area (Å²) in [7, 11) is 3.92. The van der Waals surface area contributed by atoms with Crippen LogP contribution in [0.3, 0.4) is 0 Å². The Hall–Kier alpha value is -2.83. The van der Waals surface area contributed by atoms with Crippen LogP contribution in [0.4, 0.5) is 0 Å². The van der Waals surface area contributed by atoms with E-state index in [1.165, 1.54) is 0 Å². The van der Waals surface area contributed by atoms with Crippen molar-refractivity contribution in [3.05, 3.63) is 69.8 Å². The predicted octanol–water partition coefficient (Wildman–Crippen LogP) is 5.20. The van der Waals surface area contributed by atoms with Crippen LogP contribution in [-0.4, -0.2) is 60.4 Å². The van der Waals surface area contributed by atoms with Crippen molar-refractivity contribution in [3.8, 4) is 5.75 Å². The quantitative estimate of drug-likeness (QED) is 0.217. The molecule has 1 heterocycles. The number of hydrogen-bond donors (Lipinski definition) is 1. The molecule has 34 heavy (non-hydrogen) atoms. The van der Waals surface area contributed by atoms with Gasteiger partial charge in [-0.05, 0) is 81.9 Å². The molecule has 0 aromatic heterocycles. The number of aryl methyl sites for hydroxylation is 1. The number of halogens is 1. The molecule has 1 N–H and O–H groups in total. The Morgan fingerprint density at radius 2 is 1.82 bits per heavy atom. The van der Waals surface area contributed by atoms with Crippen LogP contribution in [0.2, 0.25) is 5.02 Å². The Labute approximate surface area is 206 Å². The van der Waals surface area contributed by atoms with Crippen LogP contribution < -0.4 is 4.74 Å². The minimum absolute atomic E-state index is 0.0937. The maximum Gasteiger partial charge on any atom is 0.295 e. The zero-order chi connectivity index (χ0) is 24.8. The monoisotopic (exact) mass is 484 g/mol. The second-order valence-corrected chi connectivity index (χ2v) is 9.32. The molecule has 6 nitrogen and oxygen atoms in total. The molecule has 0 unspecified atom stereocenters. The van der Waals surface area contributed by atoms with Gasteiger partial charge in [-0.25, -0.2) is 0 Å². The number of aliphatic hydroxyl groups is 1. The van der Waals surface area contributed by atoms with Crippen LogP contribution in [0, 0.1) is 6.92 Å². The summed E-state index contributed by atoms with van der Waals surface area (Å²) in [6.07, 6.45) is 2.70. The van der Waals surface area contributed by atoms with E-state index in [1.807, 2.05) is 25.9 Å². The average molecular weight is 485 g/mol. The minimum atomic E-state index is -0.680. The minimum Gasteiger partial charge on any atom is -0.507 e. The first kappa shape index (κ1) is 25.8. The van der Waals surface area contributed by atoms with E-state index in [9.17, 15) is 14.7 Å². The average Bonchev–Trinajstić information content (AvgIpc) is 3.05. The number of benzene rings is 2. The molecular weight excluding hydrogens is 452 g/mol. The van der Waals surface area contributed by atoms with E-state index in [0.29, 0.717) is 30.2 Å². The molecule has 0 saturated carbocycles. The summed E-state index contributed by atoms with van der Waals surface area (Å²) < 4.78 is 5.81. The van der Waals surface area contributed by atoms with Crippen molar-refractivity contribution in [2.24, 2.45) is 0 Å². The van der Waals surface area contributed by atoms with Crippen molar-refractivity contribution in [3.63, 3.8) is 0 Å². The number of Topliss-reactive ketones (excluding diaryl/α,β-unsaturated/α-hetero) is 1. The molecular formula is C27H33ClN2O4. The van der Waals surface area contributed by atoms with Crippen molar-refractivity contribution >= 4 is 29.1 Å². The smallest absolute Gasteiger partial charge is 0.295 e. The fourth-order valence-corrected chi connectivity index (χ4v) is 4.23. The van der Waals surface area contributed by atoms with E-state index >= 15 is 0 Å². The molecule has 182 valence electrons. The number of likely N-dealkylation sites (tertiary alicyclic amines) is 1. The summed E-state index contributed by atoms with van der Waals surface area (Å²) in [5, 5.41) is 11.8. The van der Waals surface area contributed by atoms with E-state index in [-0.39, 0.29) is 11.3 Å². The summed E-state index contributed by atoms with van der Waals surface area (Å²) in [5.41, 5.74) is 2.15. The molecule has 2 aromatic carbocycles. The van der Waals surface area contributed by atoms with Gasteiger partial charge in [0, 0.05) is 17.1 Å². The second-order valence-electron chi connectivity index (χ2n) is 8.88. The Morgan fingerprint density at radius 3 is 2.44 bits per heavy atom. The molecule has 2 aromatic rings. The molecule has 0 aliphatic carbocycles. The number of amides is 1. The maximum atomic E-state index is 13.1. The molecule has 1 amide bonds. The van der Waals surface area contributed by atoms with Crippen molar-refractivity contribution < 1.29 is 19.4 Å². The van der Waals surface area contributed by atoms with Crippen molar-refractivity contribution in [1.82, 2.24) is 9.80 Å². The Bertz CT molecular complexity index is 1060. The number of carbonyl (C=O) groups is 2. The zero-order valence-electron chi connectivity index (χ0n) is 20.3. The largest absolute Gasteiger partial charge is 0.507 e. The van der Waals surface area contributed by atoms with E-state index in [4.69, 9.17) is 16.3 Å². The third-order valence-corrected chi connectivity index (χ3v) is 6.19. The van der Waals surface area contributed by atoms with Crippen LogP contribution in [0.1, 0.15) is 48.9 Å². The number of unbranched alkanes of at least 4 members (excludes halogenated alkanes) is 1. The fraction of sp³-hybridized carbons (Fsp3) is 0.407. The number of nitrogens with zero attached hydrogens (tertiary/aromatic N) is 2. The topological polar surface area (TPSA) is 70.1 Å². The molecule has 1 saturated heterocycles. The van der Waals surface area contributed by atoms with E-state index in [0.717, 1.165) is 36.3 Å². The first-order valence-corrected chi connectivity index (χ1v) is 12.0. The van der Waals surface area contributed by atoms with Gasteiger partial charge in [-0.2, -0.15) is 0 Å². The summed E-state index contributed by atoms with van der Waals surface area (Å²) >= 11 is 6.08.